The SMILES string of the molecule is COc1ccc2cc(C(=O)N3CCN(c4ncccn4)CC3)c(C)nc2c1. The molecule has 0 bridgehead atoms. The van der Waals surface area contributed by atoms with E-state index in [9.17, 15) is 4.79 Å². The molecule has 4 rings (SSSR count). The standard InChI is InChI=1S/C20H21N5O2/c1-14-17(12-15-4-5-16(27-2)13-18(15)23-14)19(26)24-8-10-25(11-9-24)20-21-6-3-7-22-20/h3-7,12-13H,8-11H2,1-2H3. The number of pyridine rings is 1. The zero-order valence-electron chi connectivity index (χ0n) is 15.4. The van der Waals surface area contributed by atoms with Crippen LogP contribution in [0.3, 0.4) is 0 Å². The third-order valence-corrected chi connectivity index (χ3v) is 4.85. The highest BCUT2D eigenvalue weighted by Gasteiger charge is 2.25. The predicted molar refractivity (Wildman–Crippen MR) is 103 cm³/mol. The molecule has 0 radical (unpaired) electrons. The number of carbonyl (C=O) groups is 1. The van der Waals surface area contributed by atoms with Crippen molar-refractivity contribution in [1.29, 1.82) is 0 Å². The fourth-order valence-electron chi connectivity index (χ4n) is 3.32. The van der Waals surface area contributed by atoms with Gasteiger partial charge in [0.2, 0.25) is 5.95 Å². The van der Waals surface area contributed by atoms with Gasteiger partial charge in [0.15, 0.2) is 0 Å². The van der Waals surface area contributed by atoms with Gasteiger partial charge in [0.25, 0.3) is 5.91 Å². The topological polar surface area (TPSA) is 71.5 Å². The molecule has 7 nitrogen and oxygen atoms in total. The van der Waals surface area contributed by atoms with Crippen molar-refractivity contribution in [2.75, 3.05) is 38.2 Å². The number of fused-ring (bicyclic) bond motifs is 1. The number of benzene rings is 1. The second-order valence-corrected chi connectivity index (χ2v) is 6.51. The summed E-state index contributed by atoms with van der Waals surface area (Å²) in [6.07, 6.45) is 3.47. The normalized spacial score (nSPS) is 14.4. The van der Waals surface area contributed by atoms with E-state index in [-0.39, 0.29) is 5.91 Å². The Morgan fingerprint density at radius 1 is 1.07 bits per heavy atom. The van der Waals surface area contributed by atoms with Crippen LogP contribution < -0.4 is 9.64 Å². The van der Waals surface area contributed by atoms with E-state index in [0.717, 1.165) is 22.3 Å². The van der Waals surface area contributed by atoms with E-state index in [1.807, 2.05) is 36.1 Å². The van der Waals surface area contributed by atoms with Crippen molar-refractivity contribution < 1.29 is 9.53 Å². The highest BCUT2D eigenvalue weighted by Crippen LogP contribution is 2.23. The van der Waals surface area contributed by atoms with E-state index in [1.54, 1.807) is 25.6 Å². The van der Waals surface area contributed by atoms with Crippen molar-refractivity contribution in [1.82, 2.24) is 19.9 Å². The fourth-order valence-corrected chi connectivity index (χ4v) is 3.32. The van der Waals surface area contributed by atoms with Crippen LogP contribution in [0.25, 0.3) is 10.9 Å². The van der Waals surface area contributed by atoms with Crippen LogP contribution in [0.1, 0.15) is 16.1 Å². The van der Waals surface area contributed by atoms with Crippen LogP contribution in [-0.4, -0.2) is 59.0 Å². The van der Waals surface area contributed by atoms with Crippen molar-refractivity contribution in [2.24, 2.45) is 0 Å². The molecule has 1 aliphatic rings. The molecule has 1 fully saturated rings. The number of hydrogen-bond acceptors (Lipinski definition) is 6. The lowest BCUT2D eigenvalue weighted by Gasteiger charge is -2.34. The molecule has 1 aromatic carbocycles. The first-order valence-electron chi connectivity index (χ1n) is 8.92. The van der Waals surface area contributed by atoms with E-state index < -0.39 is 0 Å². The van der Waals surface area contributed by atoms with E-state index in [4.69, 9.17) is 4.74 Å². The summed E-state index contributed by atoms with van der Waals surface area (Å²) in [5.74, 6) is 1.49. The average Bonchev–Trinajstić information content (AvgIpc) is 2.73. The first-order chi connectivity index (χ1) is 13.2. The lowest BCUT2D eigenvalue weighted by molar-refractivity contribution is 0.0745. The minimum atomic E-state index is 0.0198. The molecule has 2 aromatic heterocycles. The highest BCUT2D eigenvalue weighted by atomic mass is 16.5. The third-order valence-electron chi connectivity index (χ3n) is 4.85. The fraction of sp³-hybridized carbons (Fsp3) is 0.300. The predicted octanol–water partition coefficient (Wildman–Crippen LogP) is 2.30. The molecular weight excluding hydrogens is 342 g/mol. The maximum atomic E-state index is 13.0. The monoisotopic (exact) mass is 363 g/mol. The summed E-state index contributed by atoms with van der Waals surface area (Å²) in [6, 6.07) is 9.42. The van der Waals surface area contributed by atoms with Gasteiger partial charge >= 0.3 is 0 Å². The molecule has 0 unspecified atom stereocenters. The summed E-state index contributed by atoms with van der Waals surface area (Å²) in [7, 11) is 1.63. The molecule has 27 heavy (non-hydrogen) atoms. The van der Waals surface area contributed by atoms with Gasteiger partial charge in [-0.3, -0.25) is 9.78 Å². The van der Waals surface area contributed by atoms with Crippen molar-refractivity contribution in [2.45, 2.75) is 6.92 Å². The summed E-state index contributed by atoms with van der Waals surface area (Å²) in [6.45, 7) is 4.58. The molecule has 0 saturated carbocycles. The van der Waals surface area contributed by atoms with Gasteiger partial charge in [-0.05, 0) is 31.2 Å². The smallest absolute Gasteiger partial charge is 0.255 e. The quantitative estimate of drug-likeness (QED) is 0.711. The summed E-state index contributed by atoms with van der Waals surface area (Å²) in [4.78, 5) is 30.2. The number of amides is 1. The number of nitrogens with zero attached hydrogens (tertiary/aromatic N) is 5. The molecule has 3 aromatic rings. The average molecular weight is 363 g/mol. The number of methoxy groups -OCH3 is 1. The lowest BCUT2D eigenvalue weighted by atomic mass is 10.1. The number of piperazine rings is 1. The molecule has 7 heteroatoms. The summed E-state index contributed by atoms with van der Waals surface area (Å²) >= 11 is 0. The van der Waals surface area contributed by atoms with E-state index in [0.29, 0.717) is 37.7 Å². The first kappa shape index (κ1) is 17.2. The molecule has 0 aliphatic carbocycles. The number of aryl methyl sites for hydroxylation is 1. The van der Waals surface area contributed by atoms with Crippen molar-refractivity contribution in [3.05, 3.63) is 54.0 Å². The van der Waals surface area contributed by atoms with Crippen LogP contribution in [0.5, 0.6) is 5.75 Å². The minimum Gasteiger partial charge on any atom is -0.497 e. The Bertz CT molecular complexity index is 969. The number of aromatic nitrogens is 3. The molecule has 1 amide bonds. The van der Waals surface area contributed by atoms with Crippen molar-refractivity contribution >= 4 is 22.8 Å². The Kier molecular flexibility index (Phi) is 4.58. The maximum Gasteiger partial charge on any atom is 0.255 e. The van der Waals surface area contributed by atoms with Crippen LogP contribution in [0, 0.1) is 6.92 Å². The second kappa shape index (κ2) is 7.19. The van der Waals surface area contributed by atoms with E-state index in [1.165, 1.54) is 0 Å². The summed E-state index contributed by atoms with van der Waals surface area (Å²) < 4.78 is 5.25. The van der Waals surface area contributed by atoms with Gasteiger partial charge in [0.05, 0.1) is 23.9 Å². The van der Waals surface area contributed by atoms with Gasteiger partial charge in [-0.15, -0.1) is 0 Å². The van der Waals surface area contributed by atoms with Gasteiger partial charge in [0, 0.05) is 50.0 Å². The number of ether oxygens (including phenoxy) is 1. The van der Waals surface area contributed by atoms with Crippen LogP contribution in [0.15, 0.2) is 42.7 Å². The molecule has 138 valence electrons. The number of rotatable bonds is 3. The zero-order chi connectivity index (χ0) is 18.8. The Morgan fingerprint density at radius 2 is 1.81 bits per heavy atom. The molecule has 0 N–H and O–H groups in total. The molecule has 1 saturated heterocycles. The largest absolute Gasteiger partial charge is 0.497 e. The van der Waals surface area contributed by atoms with Gasteiger partial charge < -0.3 is 14.5 Å². The Hall–Kier alpha value is -3.22. The van der Waals surface area contributed by atoms with Crippen LogP contribution in [-0.2, 0) is 0 Å². The highest BCUT2D eigenvalue weighted by molar-refractivity contribution is 5.99. The third kappa shape index (κ3) is 3.40. The van der Waals surface area contributed by atoms with Gasteiger partial charge in [-0.1, -0.05) is 0 Å². The number of hydrogen-bond donors (Lipinski definition) is 0. The van der Waals surface area contributed by atoms with Crippen LogP contribution >= 0.6 is 0 Å². The molecule has 0 spiro atoms. The molecule has 0 atom stereocenters. The minimum absolute atomic E-state index is 0.0198. The first-order valence-corrected chi connectivity index (χ1v) is 8.92. The van der Waals surface area contributed by atoms with E-state index in [2.05, 4.69) is 19.9 Å². The van der Waals surface area contributed by atoms with Crippen molar-refractivity contribution in [3.8, 4) is 5.75 Å². The summed E-state index contributed by atoms with van der Waals surface area (Å²) in [5.41, 5.74) is 2.21. The lowest BCUT2D eigenvalue weighted by Crippen LogP contribution is -2.49. The van der Waals surface area contributed by atoms with Gasteiger partial charge in [0.1, 0.15) is 5.75 Å². The Labute approximate surface area is 157 Å². The van der Waals surface area contributed by atoms with E-state index >= 15 is 0 Å². The Balaban J connectivity index is 1.52. The second-order valence-electron chi connectivity index (χ2n) is 6.51. The molecule has 3 heterocycles. The molecule has 1 aliphatic heterocycles. The van der Waals surface area contributed by atoms with Crippen LogP contribution in [0.4, 0.5) is 5.95 Å². The number of anilines is 1. The Morgan fingerprint density at radius 3 is 2.52 bits per heavy atom. The van der Waals surface area contributed by atoms with Gasteiger partial charge in [-0.2, -0.15) is 0 Å². The summed E-state index contributed by atoms with van der Waals surface area (Å²) in [5, 5.41) is 0.932. The van der Waals surface area contributed by atoms with Gasteiger partial charge in [-0.25, -0.2) is 9.97 Å². The molecular formula is C20H21N5O2. The van der Waals surface area contributed by atoms with Crippen molar-refractivity contribution in [3.63, 3.8) is 0 Å². The maximum absolute atomic E-state index is 13.0. The van der Waals surface area contributed by atoms with Crippen LogP contribution in [0.2, 0.25) is 0 Å². The zero-order valence-corrected chi connectivity index (χ0v) is 15.4. The number of carbonyl (C=O) groups excluding carboxylic acids is 1.